The van der Waals surface area contributed by atoms with Crippen molar-refractivity contribution in [2.45, 2.75) is 57.7 Å². The number of hydrogen-bond donors (Lipinski definition) is 5. The molecule has 36 heavy (non-hydrogen) atoms. The largest absolute Gasteiger partial charge is 0.442 e. The molecule has 10 heteroatoms. The van der Waals surface area contributed by atoms with Crippen molar-refractivity contribution in [1.82, 2.24) is 21.0 Å². The molecule has 9 nitrogen and oxygen atoms in total. The van der Waals surface area contributed by atoms with Crippen LogP contribution in [0.4, 0.5) is 9.18 Å². The minimum absolute atomic E-state index is 0.0878. The summed E-state index contributed by atoms with van der Waals surface area (Å²) in [5, 5.41) is 6.13. The first kappa shape index (κ1) is 27.2. The molecule has 1 heterocycles. The SMILES string of the molecule is CCC(=O)NCC1CN(C2C=CC(c3ccc(CNCCC/C(=C/N)NN)cc3)=C(F)CC2)C(=O)O1. The van der Waals surface area contributed by atoms with Crippen LogP contribution >= 0.6 is 0 Å². The number of hydrogen-bond acceptors (Lipinski definition) is 7. The summed E-state index contributed by atoms with van der Waals surface area (Å²) in [6.45, 7) is 3.93. The summed E-state index contributed by atoms with van der Waals surface area (Å²) in [6, 6.07) is 7.54. The van der Waals surface area contributed by atoms with Gasteiger partial charge in [-0.3, -0.25) is 15.5 Å². The molecule has 2 unspecified atom stereocenters. The molecule has 7 N–H and O–H groups in total. The molecule has 2 amide bonds. The number of cyclic esters (lactones) is 1. The van der Waals surface area contributed by atoms with Crippen LogP contribution in [-0.2, 0) is 16.1 Å². The Balaban J connectivity index is 1.53. The van der Waals surface area contributed by atoms with E-state index in [0.29, 0.717) is 31.5 Å². The highest BCUT2D eigenvalue weighted by atomic mass is 19.1. The number of nitrogens with two attached hydrogens (primary N) is 2. The van der Waals surface area contributed by atoms with E-state index in [0.717, 1.165) is 36.2 Å². The van der Waals surface area contributed by atoms with E-state index in [9.17, 15) is 14.0 Å². The molecule has 2 atom stereocenters. The van der Waals surface area contributed by atoms with Crippen LogP contribution in [0, 0.1) is 0 Å². The van der Waals surface area contributed by atoms with Gasteiger partial charge in [0.2, 0.25) is 5.91 Å². The van der Waals surface area contributed by atoms with Crippen LogP contribution in [0.2, 0.25) is 0 Å². The molecule has 1 aromatic rings. The number of carbonyl (C=O) groups excluding carboxylic acids is 2. The molecule has 1 aromatic carbocycles. The predicted molar refractivity (Wildman–Crippen MR) is 137 cm³/mol. The van der Waals surface area contributed by atoms with Gasteiger partial charge in [0.05, 0.1) is 19.1 Å². The van der Waals surface area contributed by atoms with Crippen LogP contribution in [0.5, 0.6) is 0 Å². The lowest BCUT2D eigenvalue weighted by Gasteiger charge is -2.21. The Morgan fingerprint density at radius 3 is 2.78 bits per heavy atom. The van der Waals surface area contributed by atoms with Crippen molar-refractivity contribution >= 4 is 17.6 Å². The molecule has 1 saturated heterocycles. The topological polar surface area (TPSA) is 135 Å². The molecule has 0 spiro atoms. The van der Waals surface area contributed by atoms with Crippen LogP contribution in [0.15, 0.2) is 54.1 Å². The van der Waals surface area contributed by atoms with Gasteiger partial charge in [-0.15, -0.1) is 0 Å². The second-order valence-electron chi connectivity index (χ2n) is 8.91. The Kier molecular flexibility index (Phi) is 10.3. The van der Waals surface area contributed by atoms with Gasteiger partial charge in [0.25, 0.3) is 0 Å². The summed E-state index contributed by atoms with van der Waals surface area (Å²) >= 11 is 0. The van der Waals surface area contributed by atoms with Crippen molar-refractivity contribution in [3.63, 3.8) is 0 Å². The summed E-state index contributed by atoms with van der Waals surface area (Å²) in [6.07, 6.45) is 7.00. The van der Waals surface area contributed by atoms with E-state index < -0.39 is 12.2 Å². The number of carbonyl (C=O) groups is 2. The first-order valence-electron chi connectivity index (χ1n) is 12.4. The van der Waals surface area contributed by atoms with E-state index >= 15 is 0 Å². The molecule has 1 fully saturated rings. The average Bonchev–Trinajstić information content (AvgIpc) is 3.16. The summed E-state index contributed by atoms with van der Waals surface area (Å²) in [4.78, 5) is 25.5. The molecule has 2 aliphatic rings. The minimum Gasteiger partial charge on any atom is -0.442 e. The summed E-state index contributed by atoms with van der Waals surface area (Å²) < 4.78 is 20.4. The lowest BCUT2D eigenvalue weighted by molar-refractivity contribution is -0.121. The van der Waals surface area contributed by atoms with E-state index in [1.807, 2.05) is 30.3 Å². The lowest BCUT2D eigenvalue weighted by Crippen LogP contribution is -2.37. The Hall–Kier alpha value is -3.37. The third kappa shape index (κ3) is 7.56. The van der Waals surface area contributed by atoms with Gasteiger partial charge >= 0.3 is 6.09 Å². The quantitative estimate of drug-likeness (QED) is 0.169. The summed E-state index contributed by atoms with van der Waals surface area (Å²) in [5.74, 6) is 5.08. The van der Waals surface area contributed by atoms with Crippen molar-refractivity contribution in [2.75, 3.05) is 19.6 Å². The molecule has 0 bridgehead atoms. The van der Waals surface area contributed by atoms with Crippen LogP contribution in [0.3, 0.4) is 0 Å². The van der Waals surface area contributed by atoms with Gasteiger partial charge in [-0.1, -0.05) is 43.3 Å². The number of benzene rings is 1. The Morgan fingerprint density at radius 2 is 2.08 bits per heavy atom. The summed E-state index contributed by atoms with van der Waals surface area (Å²) in [5.41, 5.74) is 11.3. The molecule has 196 valence electrons. The smallest absolute Gasteiger partial charge is 0.410 e. The predicted octanol–water partition coefficient (Wildman–Crippen LogP) is 2.57. The van der Waals surface area contributed by atoms with Gasteiger partial charge in [-0.25, -0.2) is 9.18 Å². The molecule has 3 rings (SSSR count). The van der Waals surface area contributed by atoms with Crippen LogP contribution in [0.1, 0.15) is 50.2 Å². The van der Waals surface area contributed by atoms with Gasteiger partial charge in [0.15, 0.2) is 0 Å². The van der Waals surface area contributed by atoms with Gasteiger partial charge in [-0.05, 0) is 36.9 Å². The summed E-state index contributed by atoms with van der Waals surface area (Å²) in [7, 11) is 0. The van der Waals surface area contributed by atoms with Crippen LogP contribution in [0.25, 0.3) is 5.57 Å². The third-order valence-electron chi connectivity index (χ3n) is 6.37. The second-order valence-corrected chi connectivity index (χ2v) is 8.91. The Labute approximate surface area is 211 Å². The molecule has 0 saturated carbocycles. The lowest BCUT2D eigenvalue weighted by atomic mass is 10.0. The van der Waals surface area contributed by atoms with Gasteiger partial charge in [0.1, 0.15) is 11.9 Å². The maximum absolute atomic E-state index is 15.0. The normalized spacial score (nSPS) is 20.4. The van der Waals surface area contributed by atoms with E-state index in [1.54, 1.807) is 17.9 Å². The number of nitrogens with zero attached hydrogens (tertiary/aromatic N) is 1. The van der Waals surface area contributed by atoms with Crippen molar-refractivity contribution in [1.29, 1.82) is 0 Å². The van der Waals surface area contributed by atoms with Crippen molar-refractivity contribution in [2.24, 2.45) is 11.6 Å². The Bertz CT molecular complexity index is 992. The van der Waals surface area contributed by atoms with Crippen molar-refractivity contribution < 1.29 is 18.7 Å². The van der Waals surface area contributed by atoms with E-state index in [-0.39, 0.29) is 30.7 Å². The first-order valence-corrected chi connectivity index (χ1v) is 12.4. The van der Waals surface area contributed by atoms with Gasteiger partial charge in [0, 0.05) is 36.9 Å². The number of nitrogens with one attached hydrogen (secondary N) is 3. The van der Waals surface area contributed by atoms with Crippen molar-refractivity contribution in [3.8, 4) is 0 Å². The van der Waals surface area contributed by atoms with E-state index in [1.165, 1.54) is 6.20 Å². The standard InChI is InChI=1S/C26H37FN6O3/c1-2-25(34)31-16-22-17-33(26(35)36-22)21-9-11-23(24(27)12-10-21)19-7-5-18(6-8-19)15-30-13-3-4-20(14-28)32-29/h5-9,11,14,21-22,30,32H,2-4,10,12-13,15-17,28-29H2,1H3,(H,31,34)/b20-14-. The molecule has 0 radical (unpaired) electrons. The number of rotatable bonds is 12. The fourth-order valence-corrected chi connectivity index (χ4v) is 4.23. The van der Waals surface area contributed by atoms with Crippen LogP contribution < -0.4 is 27.6 Å². The monoisotopic (exact) mass is 500 g/mol. The number of halogens is 1. The molecule has 1 aliphatic heterocycles. The first-order chi connectivity index (χ1) is 17.4. The van der Waals surface area contributed by atoms with Gasteiger partial charge < -0.3 is 26.5 Å². The van der Waals surface area contributed by atoms with E-state index in [4.69, 9.17) is 16.3 Å². The Morgan fingerprint density at radius 1 is 1.31 bits per heavy atom. The van der Waals surface area contributed by atoms with E-state index in [2.05, 4.69) is 16.1 Å². The number of allylic oxidation sites excluding steroid dienone is 4. The highest BCUT2D eigenvalue weighted by Crippen LogP contribution is 2.31. The third-order valence-corrected chi connectivity index (χ3v) is 6.37. The van der Waals surface area contributed by atoms with Crippen molar-refractivity contribution in [3.05, 3.63) is 65.3 Å². The number of ether oxygens (including phenoxy) is 1. The zero-order chi connectivity index (χ0) is 25.9. The maximum Gasteiger partial charge on any atom is 0.410 e. The zero-order valence-corrected chi connectivity index (χ0v) is 20.8. The highest BCUT2D eigenvalue weighted by molar-refractivity contribution is 5.77. The molecular formula is C26H37FN6O3. The minimum atomic E-state index is -0.435. The molecular weight excluding hydrogens is 463 g/mol. The second kappa shape index (κ2) is 13.6. The molecule has 0 aromatic heterocycles. The highest BCUT2D eigenvalue weighted by Gasteiger charge is 2.35. The maximum atomic E-state index is 15.0. The molecule has 1 aliphatic carbocycles. The fourth-order valence-electron chi connectivity index (χ4n) is 4.23. The van der Waals surface area contributed by atoms with Crippen LogP contribution in [-0.4, -0.2) is 48.7 Å². The fraction of sp³-hybridized carbons (Fsp3) is 0.462. The number of hydrazine groups is 1. The zero-order valence-electron chi connectivity index (χ0n) is 20.8. The van der Waals surface area contributed by atoms with Gasteiger partial charge in [-0.2, -0.15) is 0 Å². The number of amides is 2. The average molecular weight is 501 g/mol.